The average molecular weight is 219 g/mol. The van der Waals surface area contributed by atoms with Gasteiger partial charge in [-0.2, -0.15) is 0 Å². The molecule has 6 nitrogen and oxygen atoms in total. The number of carbonyl (C=O) groups is 1. The number of aromatic nitrogens is 3. The first-order chi connectivity index (χ1) is 7.44. The number of carbonyl (C=O) groups excluding carboxylic acids is 1. The highest BCUT2D eigenvalue weighted by Gasteiger charge is 2.30. The van der Waals surface area contributed by atoms with Crippen molar-refractivity contribution < 1.29 is 4.79 Å². The summed E-state index contributed by atoms with van der Waals surface area (Å²) < 4.78 is 1.62. The standard InChI is InChI=1S/C10H13N5O/c1-10(2,8(11)16)15-7-3-4-13-5-6(7)14-9(15)12/h3-5H,1-2H3,(H2,11,16)(H2,12,14). The maximum absolute atomic E-state index is 11.4. The summed E-state index contributed by atoms with van der Waals surface area (Å²) in [5.41, 5.74) is 11.6. The van der Waals surface area contributed by atoms with Gasteiger partial charge < -0.3 is 11.5 Å². The number of hydrogen-bond acceptors (Lipinski definition) is 4. The lowest BCUT2D eigenvalue weighted by Crippen LogP contribution is -2.41. The second-order valence-electron chi connectivity index (χ2n) is 4.09. The Labute approximate surface area is 92.3 Å². The highest BCUT2D eigenvalue weighted by atomic mass is 16.1. The smallest absolute Gasteiger partial charge is 0.243 e. The van der Waals surface area contributed by atoms with Crippen molar-refractivity contribution in [3.05, 3.63) is 18.5 Å². The van der Waals surface area contributed by atoms with Gasteiger partial charge in [0, 0.05) is 6.20 Å². The van der Waals surface area contributed by atoms with Crippen LogP contribution in [0.3, 0.4) is 0 Å². The third kappa shape index (κ3) is 1.30. The predicted molar refractivity (Wildman–Crippen MR) is 60.5 cm³/mol. The maximum atomic E-state index is 11.4. The van der Waals surface area contributed by atoms with Crippen LogP contribution in [0.15, 0.2) is 18.5 Å². The van der Waals surface area contributed by atoms with Crippen molar-refractivity contribution in [1.29, 1.82) is 0 Å². The Morgan fingerprint density at radius 2 is 2.19 bits per heavy atom. The van der Waals surface area contributed by atoms with Crippen molar-refractivity contribution >= 4 is 22.9 Å². The van der Waals surface area contributed by atoms with E-state index in [1.165, 1.54) is 0 Å². The molecule has 0 aliphatic heterocycles. The molecule has 6 heteroatoms. The SMILES string of the molecule is CC(C)(C(N)=O)n1c(N)nc2cnccc21. The molecule has 1 amide bonds. The molecule has 0 spiro atoms. The number of primary amides is 1. The number of anilines is 1. The first-order valence-corrected chi connectivity index (χ1v) is 4.83. The summed E-state index contributed by atoms with van der Waals surface area (Å²) in [5, 5.41) is 0. The predicted octanol–water partition coefficient (Wildman–Crippen LogP) is 0.234. The summed E-state index contributed by atoms with van der Waals surface area (Å²) in [6.07, 6.45) is 3.22. The number of nitrogens with two attached hydrogens (primary N) is 2. The average Bonchev–Trinajstić information content (AvgIpc) is 2.53. The minimum Gasteiger partial charge on any atom is -0.369 e. The Morgan fingerprint density at radius 1 is 1.50 bits per heavy atom. The van der Waals surface area contributed by atoms with Crippen LogP contribution in [0.1, 0.15) is 13.8 Å². The highest BCUT2D eigenvalue weighted by Crippen LogP contribution is 2.25. The van der Waals surface area contributed by atoms with E-state index in [0.29, 0.717) is 5.52 Å². The van der Waals surface area contributed by atoms with Crippen LogP contribution in [0.4, 0.5) is 5.95 Å². The van der Waals surface area contributed by atoms with E-state index in [0.717, 1.165) is 5.52 Å². The van der Waals surface area contributed by atoms with Crippen molar-refractivity contribution in [3.8, 4) is 0 Å². The molecule has 0 radical (unpaired) electrons. The number of rotatable bonds is 2. The molecule has 0 atom stereocenters. The number of imidazole rings is 1. The van der Waals surface area contributed by atoms with E-state index < -0.39 is 11.4 Å². The Bertz CT molecular complexity index is 557. The van der Waals surface area contributed by atoms with Crippen LogP contribution in [-0.4, -0.2) is 20.4 Å². The highest BCUT2D eigenvalue weighted by molar-refractivity contribution is 5.86. The van der Waals surface area contributed by atoms with Crippen molar-refractivity contribution in [2.75, 3.05) is 5.73 Å². The molecule has 0 aliphatic carbocycles. The molecular formula is C10H13N5O. The first kappa shape index (κ1) is 10.4. The zero-order valence-electron chi connectivity index (χ0n) is 9.14. The van der Waals surface area contributed by atoms with Crippen LogP contribution in [0, 0.1) is 0 Å². The van der Waals surface area contributed by atoms with Crippen molar-refractivity contribution in [1.82, 2.24) is 14.5 Å². The number of nitrogen functional groups attached to an aromatic ring is 1. The molecule has 16 heavy (non-hydrogen) atoms. The maximum Gasteiger partial charge on any atom is 0.243 e. The number of hydrogen-bond donors (Lipinski definition) is 2. The number of pyridine rings is 1. The molecule has 84 valence electrons. The van der Waals surface area contributed by atoms with E-state index in [1.54, 1.807) is 36.9 Å². The van der Waals surface area contributed by atoms with Gasteiger partial charge in [0.2, 0.25) is 11.9 Å². The Kier molecular flexibility index (Phi) is 2.08. The number of fused-ring (bicyclic) bond motifs is 1. The Hall–Kier alpha value is -2.11. The summed E-state index contributed by atoms with van der Waals surface area (Å²) in [7, 11) is 0. The van der Waals surface area contributed by atoms with Gasteiger partial charge in [-0.25, -0.2) is 4.98 Å². The van der Waals surface area contributed by atoms with Gasteiger partial charge >= 0.3 is 0 Å². The molecule has 0 saturated carbocycles. The minimum atomic E-state index is -0.916. The van der Waals surface area contributed by atoms with Crippen LogP contribution < -0.4 is 11.5 Å². The molecule has 4 N–H and O–H groups in total. The summed E-state index contributed by atoms with van der Waals surface area (Å²) in [6.45, 7) is 3.40. The first-order valence-electron chi connectivity index (χ1n) is 4.83. The van der Waals surface area contributed by atoms with Crippen LogP contribution in [0.5, 0.6) is 0 Å². The summed E-state index contributed by atoms with van der Waals surface area (Å²) in [6, 6.07) is 1.75. The summed E-state index contributed by atoms with van der Waals surface area (Å²) in [4.78, 5) is 19.5. The fourth-order valence-electron chi connectivity index (χ4n) is 1.65. The Morgan fingerprint density at radius 3 is 2.81 bits per heavy atom. The molecule has 0 saturated heterocycles. The molecule has 0 aromatic carbocycles. The molecular weight excluding hydrogens is 206 g/mol. The van der Waals surface area contributed by atoms with Gasteiger partial charge in [-0.15, -0.1) is 0 Å². The normalized spacial score (nSPS) is 11.9. The van der Waals surface area contributed by atoms with E-state index in [-0.39, 0.29) is 5.95 Å². The Balaban J connectivity index is 2.78. The van der Waals surface area contributed by atoms with Crippen LogP contribution in [0.25, 0.3) is 11.0 Å². The van der Waals surface area contributed by atoms with E-state index >= 15 is 0 Å². The summed E-state index contributed by atoms with van der Waals surface area (Å²) in [5.74, 6) is -0.206. The van der Waals surface area contributed by atoms with Crippen LogP contribution in [-0.2, 0) is 10.3 Å². The van der Waals surface area contributed by atoms with Gasteiger partial charge in [0.15, 0.2) is 0 Å². The van der Waals surface area contributed by atoms with E-state index in [9.17, 15) is 4.79 Å². The third-order valence-electron chi connectivity index (χ3n) is 2.64. The molecule has 0 bridgehead atoms. The van der Waals surface area contributed by atoms with Gasteiger partial charge in [0.05, 0.1) is 11.7 Å². The van der Waals surface area contributed by atoms with Gasteiger partial charge in [0.25, 0.3) is 0 Å². The van der Waals surface area contributed by atoms with E-state index in [4.69, 9.17) is 11.5 Å². The van der Waals surface area contributed by atoms with Crippen molar-refractivity contribution in [2.45, 2.75) is 19.4 Å². The lowest BCUT2D eigenvalue weighted by atomic mass is 10.0. The van der Waals surface area contributed by atoms with Crippen molar-refractivity contribution in [2.24, 2.45) is 5.73 Å². The molecule has 0 unspecified atom stereocenters. The molecule has 0 fully saturated rings. The second-order valence-corrected chi connectivity index (χ2v) is 4.09. The summed E-state index contributed by atoms with van der Waals surface area (Å²) >= 11 is 0. The van der Waals surface area contributed by atoms with Crippen LogP contribution in [0.2, 0.25) is 0 Å². The van der Waals surface area contributed by atoms with Crippen molar-refractivity contribution in [3.63, 3.8) is 0 Å². The lowest BCUT2D eigenvalue weighted by molar-refractivity contribution is -0.124. The molecule has 2 heterocycles. The van der Waals surface area contributed by atoms with E-state index in [2.05, 4.69) is 9.97 Å². The largest absolute Gasteiger partial charge is 0.369 e. The van der Waals surface area contributed by atoms with Gasteiger partial charge in [0.1, 0.15) is 11.1 Å². The number of amides is 1. The van der Waals surface area contributed by atoms with Crippen LogP contribution >= 0.6 is 0 Å². The second kappa shape index (κ2) is 3.19. The number of nitrogens with zero attached hydrogens (tertiary/aromatic N) is 3. The zero-order chi connectivity index (χ0) is 11.9. The monoisotopic (exact) mass is 219 g/mol. The quantitative estimate of drug-likeness (QED) is 0.755. The topological polar surface area (TPSA) is 99.8 Å². The molecule has 2 rings (SSSR count). The van der Waals surface area contributed by atoms with Gasteiger partial charge in [-0.05, 0) is 19.9 Å². The van der Waals surface area contributed by atoms with Gasteiger partial charge in [-0.1, -0.05) is 0 Å². The van der Waals surface area contributed by atoms with Gasteiger partial charge in [-0.3, -0.25) is 14.3 Å². The molecule has 0 aliphatic rings. The fraction of sp³-hybridized carbons (Fsp3) is 0.300. The van der Waals surface area contributed by atoms with E-state index in [1.807, 2.05) is 0 Å². The fourth-order valence-corrected chi connectivity index (χ4v) is 1.65. The molecule has 2 aromatic heterocycles. The minimum absolute atomic E-state index is 0.256. The lowest BCUT2D eigenvalue weighted by Gasteiger charge is -2.24. The third-order valence-corrected chi connectivity index (χ3v) is 2.64. The molecule has 2 aromatic rings. The zero-order valence-corrected chi connectivity index (χ0v) is 9.14.